The molecule has 2 heteroatoms. The third kappa shape index (κ3) is 4.65. The van der Waals surface area contributed by atoms with Crippen LogP contribution in [0.15, 0.2) is 192 Å². The van der Waals surface area contributed by atoms with Crippen molar-refractivity contribution in [1.82, 2.24) is 0 Å². The number of nitrogens with zero attached hydrogens (tertiary/aromatic N) is 1. The third-order valence-corrected chi connectivity index (χ3v) is 10.0. The van der Waals surface area contributed by atoms with Crippen LogP contribution in [0.25, 0.3) is 76.5 Å². The van der Waals surface area contributed by atoms with Crippen molar-refractivity contribution in [3.63, 3.8) is 0 Å². The molecule has 0 aliphatic heterocycles. The van der Waals surface area contributed by atoms with Crippen molar-refractivity contribution in [3.8, 4) is 22.3 Å². The van der Waals surface area contributed by atoms with Gasteiger partial charge in [0.15, 0.2) is 0 Å². The van der Waals surface area contributed by atoms with Crippen molar-refractivity contribution in [2.24, 2.45) is 0 Å². The van der Waals surface area contributed by atoms with E-state index in [1.54, 1.807) is 0 Å². The van der Waals surface area contributed by atoms with Crippen LogP contribution in [0.4, 0.5) is 17.1 Å². The van der Waals surface area contributed by atoms with Crippen molar-refractivity contribution in [3.05, 3.63) is 188 Å². The zero-order valence-corrected chi connectivity index (χ0v) is 27.3. The van der Waals surface area contributed by atoms with Gasteiger partial charge in [0.05, 0.1) is 16.8 Å². The average Bonchev–Trinajstić information content (AvgIpc) is 3.58. The van der Waals surface area contributed by atoms with Crippen molar-refractivity contribution < 1.29 is 4.42 Å². The Balaban J connectivity index is 1.21. The second-order valence-corrected chi connectivity index (χ2v) is 12.9. The zero-order chi connectivity index (χ0) is 33.0. The van der Waals surface area contributed by atoms with E-state index >= 15 is 0 Å². The number of benzene rings is 9. The highest BCUT2D eigenvalue weighted by molar-refractivity contribution is 6.18. The van der Waals surface area contributed by atoms with Crippen LogP contribution in [0.3, 0.4) is 0 Å². The first-order valence-corrected chi connectivity index (χ1v) is 17.1. The first kappa shape index (κ1) is 28.4. The highest BCUT2D eigenvalue weighted by Crippen LogP contribution is 2.47. The summed E-state index contributed by atoms with van der Waals surface area (Å²) in [6, 6.07) is 67.5. The fraction of sp³-hybridized carbons (Fsp3) is 0. The Morgan fingerprint density at radius 3 is 1.70 bits per heavy atom. The molecule has 10 aromatic rings. The summed E-state index contributed by atoms with van der Waals surface area (Å²) in [6.07, 6.45) is 0. The largest absolute Gasteiger partial charge is 0.455 e. The molecule has 2 nitrogen and oxygen atoms in total. The van der Waals surface area contributed by atoms with E-state index < -0.39 is 0 Å². The van der Waals surface area contributed by atoms with Gasteiger partial charge in [0.1, 0.15) is 11.2 Å². The molecule has 0 aliphatic carbocycles. The minimum absolute atomic E-state index is 0.876. The van der Waals surface area contributed by atoms with E-state index in [4.69, 9.17) is 4.42 Å². The number of furan rings is 1. The van der Waals surface area contributed by atoms with Crippen LogP contribution >= 0.6 is 0 Å². The minimum atomic E-state index is 0.876. The van der Waals surface area contributed by atoms with E-state index in [1.165, 1.54) is 43.4 Å². The second kappa shape index (κ2) is 11.5. The van der Waals surface area contributed by atoms with Gasteiger partial charge in [-0.3, -0.25) is 0 Å². The van der Waals surface area contributed by atoms with Gasteiger partial charge in [-0.25, -0.2) is 0 Å². The molecule has 10 rings (SSSR count). The number of para-hydroxylation sites is 1. The van der Waals surface area contributed by atoms with Gasteiger partial charge in [-0.2, -0.15) is 0 Å². The van der Waals surface area contributed by atoms with Crippen LogP contribution in [0, 0.1) is 0 Å². The smallest absolute Gasteiger partial charge is 0.145 e. The Hall–Kier alpha value is -6.64. The van der Waals surface area contributed by atoms with Gasteiger partial charge in [-0.1, -0.05) is 140 Å². The standard InChI is InChI=1S/C48H31NO/c1-3-13-36-30-38(22-20-32(36)10-1)34-24-26-40(27-25-34)49(44-18-9-15-35-12-5-6-16-41(35)44)45-29-28-42(39-23-21-33-11-2-4-14-37(33)31-39)48-47(45)43-17-7-8-19-46(43)50-48/h1-31H. The summed E-state index contributed by atoms with van der Waals surface area (Å²) in [5, 5.41) is 9.50. The highest BCUT2D eigenvalue weighted by atomic mass is 16.3. The Morgan fingerprint density at radius 2 is 0.940 bits per heavy atom. The molecule has 0 saturated carbocycles. The fourth-order valence-corrected chi connectivity index (χ4v) is 7.56. The SMILES string of the molecule is c1ccc2cc(-c3ccc(N(c4cccc5ccccc45)c4ccc(-c5ccc6ccccc6c5)c5oc6ccccc6c45)cc3)ccc2c1. The van der Waals surface area contributed by atoms with Crippen LogP contribution in [-0.4, -0.2) is 0 Å². The van der Waals surface area contributed by atoms with Gasteiger partial charge in [0, 0.05) is 22.0 Å². The normalized spacial score (nSPS) is 11.6. The molecule has 0 unspecified atom stereocenters. The number of anilines is 3. The lowest BCUT2D eigenvalue weighted by Crippen LogP contribution is -2.11. The first-order valence-electron chi connectivity index (χ1n) is 17.1. The van der Waals surface area contributed by atoms with Crippen molar-refractivity contribution in [1.29, 1.82) is 0 Å². The molecule has 1 aromatic heterocycles. The Bertz CT molecular complexity index is 2870. The number of fused-ring (bicyclic) bond motifs is 6. The molecule has 0 atom stereocenters. The topological polar surface area (TPSA) is 16.4 Å². The summed E-state index contributed by atoms with van der Waals surface area (Å²) in [5.41, 5.74) is 9.63. The minimum Gasteiger partial charge on any atom is -0.455 e. The summed E-state index contributed by atoms with van der Waals surface area (Å²) in [7, 11) is 0. The van der Waals surface area contributed by atoms with Crippen LogP contribution in [-0.2, 0) is 0 Å². The summed E-state index contributed by atoms with van der Waals surface area (Å²) in [6.45, 7) is 0. The van der Waals surface area contributed by atoms with Crippen molar-refractivity contribution in [2.45, 2.75) is 0 Å². The molecule has 0 N–H and O–H groups in total. The average molecular weight is 638 g/mol. The quantitative estimate of drug-likeness (QED) is 0.187. The Labute approximate surface area is 290 Å². The Kier molecular flexibility index (Phi) is 6.53. The molecule has 9 aromatic carbocycles. The third-order valence-electron chi connectivity index (χ3n) is 10.0. The predicted molar refractivity (Wildman–Crippen MR) is 212 cm³/mol. The second-order valence-electron chi connectivity index (χ2n) is 12.9. The van der Waals surface area contributed by atoms with Crippen LogP contribution in [0.5, 0.6) is 0 Å². The summed E-state index contributed by atoms with van der Waals surface area (Å²) < 4.78 is 6.79. The molecule has 0 spiro atoms. The lowest BCUT2D eigenvalue weighted by molar-refractivity contribution is 0.670. The molecule has 0 radical (unpaired) electrons. The van der Waals surface area contributed by atoms with Crippen molar-refractivity contribution >= 4 is 71.3 Å². The molecule has 0 fully saturated rings. The van der Waals surface area contributed by atoms with E-state index in [-0.39, 0.29) is 0 Å². The van der Waals surface area contributed by atoms with E-state index in [1.807, 2.05) is 6.07 Å². The molecular weight excluding hydrogens is 607 g/mol. The Morgan fingerprint density at radius 1 is 0.360 bits per heavy atom. The summed E-state index contributed by atoms with van der Waals surface area (Å²) in [5.74, 6) is 0. The molecule has 1 heterocycles. The summed E-state index contributed by atoms with van der Waals surface area (Å²) >= 11 is 0. The van der Waals surface area contributed by atoms with E-state index in [2.05, 4.69) is 187 Å². The van der Waals surface area contributed by atoms with E-state index in [0.29, 0.717) is 0 Å². The molecule has 0 saturated heterocycles. The molecular formula is C48H31NO. The number of hydrogen-bond donors (Lipinski definition) is 0. The van der Waals surface area contributed by atoms with Crippen molar-refractivity contribution in [2.75, 3.05) is 4.90 Å². The van der Waals surface area contributed by atoms with Crippen LogP contribution < -0.4 is 4.90 Å². The fourth-order valence-electron chi connectivity index (χ4n) is 7.56. The lowest BCUT2D eigenvalue weighted by atomic mass is 9.97. The first-order chi connectivity index (χ1) is 24.8. The monoisotopic (exact) mass is 637 g/mol. The molecule has 234 valence electrons. The van der Waals surface area contributed by atoms with Gasteiger partial charge >= 0.3 is 0 Å². The van der Waals surface area contributed by atoms with Crippen LogP contribution in [0.2, 0.25) is 0 Å². The van der Waals surface area contributed by atoms with Gasteiger partial charge < -0.3 is 9.32 Å². The maximum atomic E-state index is 6.79. The predicted octanol–water partition coefficient (Wildman–Crippen LogP) is 13.8. The van der Waals surface area contributed by atoms with Gasteiger partial charge in [-0.05, 0) is 92.2 Å². The highest BCUT2D eigenvalue weighted by Gasteiger charge is 2.23. The number of rotatable bonds is 5. The maximum absolute atomic E-state index is 6.79. The van der Waals surface area contributed by atoms with Gasteiger partial charge in [0.25, 0.3) is 0 Å². The van der Waals surface area contributed by atoms with Gasteiger partial charge in [-0.15, -0.1) is 0 Å². The molecule has 0 aliphatic rings. The number of hydrogen-bond acceptors (Lipinski definition) is 2. The van der Waals surface area contributed by atoms with Gasteiger partial charge in [0.2, 0.25) is 0 Å². The lowest BCUT2D eigenvalue weighted by Gasteiger charge is -2.28. The summed E-state index contributed by atoms with van der Waals surface area (Å²) in [4.78, 5) is 2.40. The molecule has 0 bridgehead atoms. The maximum Gasteiger partial charge on any atom is 0.145 e. The molecule has 50 heavy (non-hydrogen) atoms. The van der Waals surface area contributed by atoms with Crippen LogP contribution in [0.1, 0.15) is 0 Å². The van der Waals surface area contributed by atoms with E-state index in [9.17, 15) is 0 Å². The zero-order valence-electron chi connectivity index (χ0n) is 27.3. The van der Waals surface area contributed by atoms with E-state index in [0.717, 1.165) is 50.1 Å². The molecule has 0 amide bonds.